The number of hydrogen-bond acceptors (Lipinski definition) is 4. The molecule has 98 valence electrons. The molecule has 2 rings (SSSR count). The Hall–Kier alpha value is -2.56. The summed E-state index contributed by atoms with van der Waals surface area (Å²) < 4.78 is 5.33. The maximum Gasteiger partial charge on any atom is 0.142 e. The molecule has 0 atom stereocenters. The van der Waals surface area contributed by atoms with Crippen LogP contribution in [0.4, 0.5) is 11.4 Å². The first-order chi connectivity index (χ1) is 9.13. The smallest absolute Gasteiger partial charge is 0.142 e. The molecule has 5 nitrogen and oxygen atoms in total. The highest BCUT2D eigenvalue weighted by Gasteiger charge is 2.09. The fourth-order valence-corrected chi connectivity index (χ4v) is 1.79. The number of amidine groups is 1. The van der Waals surface area contributed by atoms with Gasteiger partial charge in [0.25, 0.3) is 0 Å². The molecule has 0 aliphatic rings. The molecule has 1 aromatic carbocycles. The Morgan fingerprint density at radius 1 is 1.26 bits per heavy atom. The molecule has 0 radical (unpaired) electrons. The number of aromatic nitrogens is 1. The highest BCUT2D eigenvalue weighted by molar-refractivity contribution is 5.93. The standard InChI is InChI=1S/C14H16N4O/c1-18(12-5-3-4-6-13(12)19-2)10-7-8-11(14(15)16)17-9-10/h3-9H,1-2H3,(H3,15,16). The van der Waals surface area contributed by atoms with Crippen LogP contribution in [0.15, 0.2) is 42.6 Å². The minimum atomic E-state index is -0.0357. The minimum absolute atomic E-state index is 0.0357. The number of anilines is 2. The second-order valence-electron chi connectivity index (χ2n) is 4.05. The van der Waals surface area contributed by atoms with E-state index in [0.29, 0.717) is 5.69 Å². The molecule has 0 amide bonds. The Balaban J connectivity index is 2.33. The molecular weight excluding hydrogens is 240 g/mol. The van der Waals surface area contributed by atoms with Gasteiger partial charge in [0.2, 0.25) is 0 Å². The van der Waals surface area contributed by atoms with Crippen LogP contribution in [0.5, 0.6) is 5.75 Å². The number of benzene rings is 1. The highest BCUT2D eigenvalue weighted by Crippen LogP contribution is 2.31. The molecule has 0 saturated carbocycles. The summed E-state index contributed by atoms with van der Waals surface area (Å²) in [5.41, 5.74) is 7.70. The normalized spacial score (nSPS) is 10.0. The topological polar surface area (TPSA) is 75.2 Å². The van der Waals surface area contributed by atoms with Gasteiger partial charge in [-0.1, -0.05) is 12.1 Å². The SMILES string of the molecule is COc1ccccc1N(C)c1ccc(C(=N)N)nc1. The van der Waals surface area contributed by atoms with Gasteiger partial charge in [0.05, 0.1) is 24.7 Å². The molecule has 5 heteroatoms. The van der Waals surface area contributed by atoms with E-state index in [4.69, 9.17) is 15.9 Å². The van der Waals surface area contributed by atoms with Gasteiger partial charge in [0, 0.05) is 7.05 Å². The summed E-state index contributed by atoms with van der Waals surface area (Å²) in [6, 6.07) is 11.3. The summed E-state index contributed by atoms with van der Waals surface area (Å²) in [5, 5.41) is 7.32. The van der Waals surface area contributed by atoms with Gasteiger partial charge in [0.1, 0.15) is 17.3 Å². The first-order valence-electron chi connectivity index (χ1n) is 5.80. The number of nitrogens with two attached hydrogens (primary N) is 1. The lowest BCUT2D eigenvalue weighted by atomic mass is 10.2. The van der Waals surface area contributed by atoms with Gasteiger partial charge in [0.15, 0.2) is 0 Å². The van der Waals surface area contributed by atoms with Crippen molar-refractivity contribution in [2.24, 2.45) is 5.73 Å². The van der Waals surface area contributed by atoms with Crippen molar-refractivity contribution in [1.82, 2.24) is 4.98 Å². The van der Waals surface area contributed by atoms with Gasteiger partial charge in [-0.15, -0.1) is 0 Å². The first kappa shape index (κ1) is 12.9. The highest BCUT2D eigenvalue weighted by atomic mass is 16.5. The monoisotopic (exact) mass is 256 g/mol. The third kappa shape index (κ3) is 2.65. The maximum absolute atomic E-state index is 7.32. The van der Waals surface area contributed by atoms with E-state index in [2.05, 4.69) is 4.98 Å². The number of nitrogens with one attached hydrogen (secondary N) is 1. The van der Waals surface area contributed by atoms with Crippen molar-refractivity contribution in [2.75, 3.05) is 19.1 Å². The number of nitrogens with zero attached hydrogens (tertiary/aromatic N) is 2. The van der Waals surface area contributed by atoms with Crippen molar-refractivity contribution in [3.8, 4) is 5.75 Å². The number of pyridine rings is 1. The van der Waals surface area contributed by atoms with E-state index in [1.54, 1.807) is 19.4 Å². The summed E-state index contributed by atoms with van der Waals surface area (Å²) in [5.74, 6) is 0.757. The summed E-state index contributed by atoms with van der Waals surface area (Å²) >= 11 is 0. The van der Waals surface area contributed by atoms with E-state index < -0.39 is 0 Å². The molecule has 0 unspecified atom stereocenters. The number of ether oxygens (including phenoxy) is 1. The van der Waals surface area contributed by atoms with Gasteiger partial charge in [-0.2, -0.15) is 0 Å². The molecule has 19 heavy (non-hydrogen) atoms. The molecular formula is C14H16N4O. The van der Waals surface area contributed by atoms with Gasteiger partial charge >= 0.3 is 0 Å². The second kappa shape index (κ2) is 5.39. The van der Waals surface area contributed by atoms with E-state index >= 15 is 0 Å². The second-order valence-corrected chi connectivity index (χ2v) is 4.05. The van der Waals surface area contributed by atoms with E-state index in [9.17, 15) is 0 Å². The Kier molecular flexibility index (Phi) is 3.66. The minimum Gasteiger partial charge on any atom is -0.495 e. The van der Waals surface area contributed by atoms with Crippen LogP contribution in [-0.4, -0.2) is 25.0 Å². The molecule has 0 spiro atoms. The van der Waals surface area contributed by atoms with E-state index in [0.717, 1.165) is 17.1 Å². The first-order valence-corrected chi connectivity index (χ1v) is 5.80. The zero-order chi connectivity index (χ0) is 13.8. The molecule has 0 fully saturated rings. The Morgan fingerprint density at radius 2 is 2.00 bits per heavy atom. The fraction of sp³-hybridized carbons (Fsp3) is 0.143. The number of nitrogen functional groups attached to an aromatic ring is 1. The molecule has 1 aromatic heterocycles. The summed E-state index contributed by atoms with van der Waals surface area (Å²) in [4.78, 5) is 6.12. The Labute approximate surface area is 112 Å². The largest absolute Gasteiger partial charge is 0.495 e. The average molecular weight is 256 g/mol. The summed E-state index contributed by atoms with van der Waals surface area (Å²) in [7, 11) is 3.58. The maximum atomic E-state index is 7.32. The van der Waals surface area contributed by atoms with E-state index in [1.165, 1.54) is 0 Å². The van der Waals surface area contributed by atoms with Crippen molar-refractivity contribution in [1.29, 1.82) is 5.41 Å². The number of para-hydroxylation sites is 2. The average Bonchev–Trinajstić information content (AvgIpc) is 2.46. The van der Waals surface area contributed by atoms with Crippen molar-refractivity contribution in [2.45, 2.75) is 0 Å². The van der Waals surface area contributed by atoms with Gasteiger partial charge in [-0.3, -0.25) is 10.4 Å². The van der Waals surface area contributed by atoms with E-state index in [1.807, 2.05) is 42.3 Å². The van der Waals surface area contributed by atoms with Crippen LogP contribution < -0.4 is 15.4 Å². The molecule has 0 bridgehead atoms. The molecule has 2 aromatic rings. The van der Waals surface area contributed by atoms with Crippen LogP contribution in [-0.2, 0) is 0 Å². The van der Waals surface area contributed by atoms with Crippen LogP contribution in [0.25, 0.3) is 0 Å². The number of methoxy groups -OCH3 is 1. The Bertz CT molecular complexity index is 580. The van der Waals surface area contributed by atoms with Crippen molar-refractivity contribution < 1.29 is 4.74 Å². The van der Waals surface area contributed by atoms with Gasteiger partial charge in [-0.05, 0) is 24.3 Å². The van der Waals surface area contributed by atoms with Crippen molar-refractivity contribution in [3.63, 3.8) is 0 Å². The van der Waals surface area contributed by atoms with Crippen LogP contribution in [0.1, 0.15) is 5.69 Å². The van der Waals surface area contributed by atoms with E-state index in [-0.39, 0.29) is 5.84 Å². The number of rotatable bonds is 4. The fourth-order valence-electron chi connectivity index (χ4n) is 1.79. The molecule has 0 saturated heterocycles. The molecule has 0 aliphatic carbocycles. The van der Waals surface area contributed by atoms with Crippen molar-refractivity contribution in [3.05, 3.63) is 48.3 Å². The predicted octanol–water partition coefficient (Wildman–Crippen LogP) is 2.14. The predicted molar refractivity (Wildman–Crippen MR) is 76.3 cm³/mol. The van der Waals surface area contributed by atoms with Crippen LogP contribution in [0.2, 0.25) is 0 Å². The lowest BCUT2D eigenvalue weighted by Crippen LogP contribution is -2.15. The quantitative estimate of drug-likeness (QED) is 0.649. The summed E-state index contributed by atoms with van der Waals surface area (Å²) in [6.45, 7) is 0. The van der Waals surface area contributed by atoms with Gasteiger partial charge < -0.3 is 15.4 Å². The Morgan fingerprint density at radius 3 is 2.58 bits per heavy atom. The van der Waals surface area contributed by atoms with Crippen LogP contribution in [0, 0.1) is 5.41 Å². The van der Waals surface area contributed by atoms with Crippen molar-refractivity contribution >= 4 is 17.2 Å². The third-order valence-electron chi connectivity index (χ3n) is 2.86. The van der Waals surface area contributed by atoms with Gasteiger partial charge in [-0.25, -0.2) is 0 Å². The van der Waals surface area contributed by atoms with Crippen LogP contribution >= 0.6 is 0 Å². The lowest BCUT2D eigenvalue weighted by molar-refractivity contribution is 0.415. The molecule has 0 aliphatic heterocycles. The number of hydrogen-bond donors (Lipinski definition) is 2. The third-order valence-corrected chi connectivity index (χ3v) is 2.86. The lowest BCUT2D eigenvalue weighted by Gasteiger charge is -2.21. The zero-order valence-electron chi connectivity index (χ0n) is 10.9. The van der Waals surface area contributed by atoms with Crippen LogP contribution in [0.3, 0.4) is 0 Å². The summed E-state index contributed by atoms with van der Waals surface area (Å²) in [6.07, 6.45) is 1.68. The zero-order valence-corrected chi connectivity index (χ0v) is 10.9. The molecule has 3 N–H and O–H groups in total. The molecule has 1 heterocycles.